The largest absolute Gasteiger partial charge is 0.310 e. The lowest BCUT2D eigenvalue weighted by Gasteiger charge is -2.24. The Bertz CT molecular complexity index is 400. The van der Waals surface area contributed by atoms with Crippen LogP contribution in [0.4, 0.5) is 0 Å². The Balaban J connectivity index is 1.52. The SMILES string of the molecule is C[C@@H](NCC1CC2CCC1C2)c1ccc(Br)cc1. The molecule has 0 heterocycles. The highest BCUT2D eigenvalue weighted by Gasteiger charge is 2.39. The summed E-state index contributed by atoms with van der Waals surface area (Å²) in [5.41, 5.74) is 1.39. The predicted molar refractivity (Wildman–Crippen MR) is 79.5 cm³/mol. The van der Waals surface area contributed by atoms with Gasteiger partial charge in [0.25, 0.3) is 0 Å². The summed E-state index contributed by atoms with van der Waals surface area (Å²) in [5, 5.41) is 3.73. The smallest absolute Gasteiger partial charge is 0.0291 e. The van der Waals surface area contributed by atoms with Gasteiger partial charge in [0.05, 0.1) is 0 Å². The molecule has 2 aliphatic carbocycles. The monoisotopic (exact) mass is 307 g/mol. The first kappa shape index (κ1) is 12.7. The van der Waals surface area contributed by atoms with E-state index >= 15 is 0 Å². The zero-order chi connectivity index (χ0) is 12.5. The molecule has 1 aromatic rings. The zero-order valence-corrected chi connectivity index (χ0v) is 12.6. The minimum absolute atomic E-state index is 0.470. The van der Waals surface area contributed by atoms with Crippen molar-refractivity contribution in [2.75, 3.05) is 6.54 Å². The summed E-state index contributed by atoms with van der Waals surface area (Å²) in [4.78, 5) is 0. The molecule has 0 saturated heterocycles. The Kier molecular flexibility index (Phi) is 3.76. The highest BCUT2D eigenvalue weighted by molar-refractivity contribution is 9.10. The first-order chi connectivity index (χ1) is 8.72. The summed E-state index contributed by atoms with van der Waals surface area (Å²) >= 11 is 3.49. The summed E-state index contributed by atoms with van der Waals surface area (Å²) < 4.78 is 1.16. The third-order valence-electron chi connectivity index (χ3n) is 4.94. The summed E-state index contributed by atoms with van der Waals surface area (Å²) in [7, 11) is 0. The molecular weight excluding hydrogens is 286 g/mol. The normalized spacial score (nSPS) is 31.8. The van der Waals surface area contributed by atoms with Crippen molar-refractivity contribution in [1.29, 1.82) is 0 Å². The highest BCUT2D eigenvalue weighted by atomic mass is 79.9. The van der Waals surface area contributed by atoms with Crippen LogP contribution in [0.15, 0.2) is 28.7 Å². The molecule has 0 aromatic heterocycles. The Hall–Kier alpha value is -0.340. The highest BCUT2D eigenvalue weighted by Crippen LogP contribution is 2.48. The number of fused-ring (bicyclic) bond motifs is 2. The third kappa shape index (κ3) is 2.65. The van der Waals surface area contributed by atoms with Crippen LogP contribution in [0.25, 0.3) is 0 Å². The number of hydrogen-bond donors (Lipinski definition) is 1. The average Bonchev–Trinajstić information content (AvgIpc) is 2.99. The molecular formula is C16H22BrN. The van der Waals surface area contributed by atoms with Crippen LogP contribution in [-0.4, -0.2) is 6.54 Å². The molecule has 2 fully saturated rings. The lowest BCUT2D eigenvalue weighted by Crippen LogP contribution is -2.28. The van der Waals surface area contributed by atoms with Crippen LogP contribution in [0.5, 0.6) is 0 Å². The van der Waals surface area contributed by atoms with E-state index in [0.29, 0.717) is 6.04 Å². The van der Waals surface area contributed by atoms with Gasteiger partial charge in [0, 0.05) is 10.5 Å². The number of benzene rings is 1. The van der Waals surface area contributed by atoms with E-state index in [1.54, 1.807) is 0 Å². The quantitative estimate of drug-likeness (QED) is 0.861. The molecule has 3 rings (SSSR count). The summed E-state index contributed by atoms with van der Waals surface area (Å²) in [5.74, 6) is 3.03. The van der Waals surface area contributed by atoms with Crippen molar-refractivity contribution in [2.45, 2.75) is 38.6 Å². The van der Waals surface area contributed by atoms with Crippen LogP contribution in [0, 0.1) is 17.8 Å². The molecule has 0 radical (unpaired) electrons. The molecule has 0 spiro atoms. The number of halogens is 1. The number of nitrogens with one attached hydrogen (secondary N) is 1. The lowest BCUT2D eigenvalue weighted by molar-refractivity contribution is 0.309. The second-order valence-electron chi connectivity index (χ2n) is 6.12. The van der Waals surface area contributed by atoms with Crippen LogP contribution in [0.2, 0.25) is 0 Å². The molecule has 4 atom stereocenters. The molecule has 1 N–H and O–H groups in total. The molecule has 0 aliphatic heterocycles. The number of hydrogen-bond acceptors (Lipinski definition) is 1. The predicted octanol–water partition coefficient (Wildman–Crippen LogP) is 4.54. The van der Waals surface area contributed by atoms with Gasteiger partial charge in [-0.1, -0.05) is 34.5 Å². The third-order valence-corrected chi connectivity index (χ3v) is 5.47. The van der Waals surface area contributed by atoms with Gasteiger partial charge in [-0.15, -0.1) is 0 Å². The van der Waals surface area contributed by atoms with Gasteiger partial charge in [0.1, 0.15) is 0 Å². The van der Waals surface area contributed by atoms with Crippen LogP contribution in [0.1, 0.15) is 44.2 Å². The molecule has 0 amide bonds. The Morgan fingerprint density at radius 1 is 1.22 bits per heavy atom. The van der Waals surface area contributed by atoms with Gasteiger partial charge in [0.2, 0.25) is 0 Å². The molecule has 2 heteroatoms. The van der Waals surface area contributed by atoms with Gasteiger partial charge in [-0.2, -0.15) is 0 Å². The molecule has 3 unspecified atom stereocenters. The first-order valence-electron chi connectivity index (χ1n) is 7.21. The van der Waals surface area contributed by atoms with Crippen LogP contribution >= 0.6 is 15.9 Å². The van der Waals surface area contributed by atoms with Gasteiger partial charge >= 0.3 is 0 Å². The van der Waals surface area contributed by atoms with E-state index in [-0.39, 0.29) is 0 Å². The van der Waals surface area contributed by atoms with Gasteiger partial charge in [0.15, 0.2) is 0 Å². The summed E-state index contributed by atoms with van der Waals surface area (Å²) in [6, 6.07) is 9.15. The van der Waals surface area contributed by atoms with Crippen molar-refractivity contribution in [3.63, 3.8) is 0 Å². The maximum absolute atomic E-state index is 3.73. The van der Waals surface area contributed by atoms with E-state index in [1.807, 2.05) is 0 Å². The lowest BCUT2D eigenvalue weighted by atomic mass is 9.88. The summed E-state index contributed by atoms with van der Waals surface area (Å²) in [6.07, 6.45) is 5.98. The van der Waals surface area contributed by atoms with E-state index in [0.717, 1.165) is 22.2 Å². The molecule has 2 saturated carbocycles. The van der Waals surface area contributed by atoms with Crippen molar-refractivity contribution in [2.24, 2.45) is 17.8 Å². The average molecular weight is 308 g/mol. The minimum Gasteiger partial charge on any atom is -0.310 e. The second kappa shape index (κ2) is 5.34. The number of rotatable bonds is 4. The van der Waals surface area contributed by atoms with Crippen molar-refractivity contribution in [3.8, 4) is 0 Å². The topological polar surface area (TPSA) is 12.0 Å². The first-order valence-corrected chi connectivity index (χ1v) is 8.00. The van der Waals surface area contributed by atoms with Crippen molar-refractivity contribution >= 4 is 15.9 Å². The fourth-order valence-corrected chi connectivity index (χ4v) is 4.09. The van der Waals surface area contributed by atoms with E-state index in [9.17, 15) is 0 Å². The van der Waals surface area contributed by atoms with Crippen LogP contribution < -0.4 is 5.32 Å². The zero-order valence-electron chi connectivity index (χ0n) is 11.0. The minimum atomic E-state index is 0.470. The fraction of sp³-hybridized carbons (Fsp3) is 0.625. The Labute approximate surface area is 118 Å². The van der Waals surface area contributed by atoms with Gasteiger partial charge < -0.3 is 5.32 Å². The van der Waals surface area contributed by atoms with Crippen LogP contribution in [0.3, 0.4) is 0 Å². The van der Waals surface area contributed by atoms with E-state index < -0.39 is 0 Å². The van der Waals surface area contributed by atoms with Crippen molar-refractivity contribution in [3.05, 3.63) is 34.3 Å². The second-order valence-corrected chi connectivity index (χ2v) is 7.03. The molecule has 1 nitrogen and oxygen atoms in total. The maximum Gasteiger partial charge on any atom is 0.0291 e. The standard InChI is InChI=1S/C16H22BrN/c1-11(13-4-6-16(17)7-5-13)18-10-15-9-12-2-3-14(15)8-12/h4-7,11-12,14-15,18H,2-3,8-10H2,1H3/t11-,12?,14?,15?/m1/s1. The fourth-order valence-electron chi connectivity index (χ4n) is 3.82. The van der Waals surface area contributed by atoms with Crippen LogP contribution in [-0.2, 0) is 0 Å². The molecule has 18 heavy (non-hydrogen) atoms. The van der Waals surface area contributed by atoms with Gasteiger partial charge in [-0.3, -0.25) is 0 Å². The Morgan fingerprint density at radius 2 is 2.00 bits per heavy atom. The molecule has 1 aromatic carbocycles. The molecule has 2 bridgehead atoms. The van der Waals surface area contributed by atoms with Gasteiger partial charge in [-0.25, -0.2) is 0 Å². The molecule has 2 aliphatic rings. The molecule has 98 valence electrons. The van der Waals surface area contributed by atoms with Crippen molar-refractivity contribution < 1.29 is 0 Å². The van der Waals surface area contributed by atoms with Crippen molar-refractivity contribution in [1.82, 2.24) is 5.32 Å². The van der Waals surface area contributed by atoms with E-state index in [1.165, 1.54) is 37.8 Å². The van der Waals surface area contributed by atoms with Gasteiger partial charge in [-0.05, 0) is 68.2 Å². The van der Waals surface area contributed by atoms with E-state index in [4.69, 9.17) is 0 Å². The maximum atomic E-state index is 3.73. The van der Waals surface area contributed by atoms with E-state index in [2.05, 4.69) is 52.4 Å². The summed E-state index contributed by atoms with van der Waals surface area (Å²) in [6.45, 7) is 3.48. The Morgan fingerprint density at radius 3 is 2.61 bits per heavy atom.